The third kappa shape index (κ3) is 2.58. The maximum absolute atomic E-state index is 5.42. The zero-order valence-corrected chi connectivity index (χ0v) is 13.0. The van der Waals surface area contributed by atoms with E-state index in [0.29, 0.717) is 6.54 Å². The first-order valence-corrected chi connectivity index (χ1v) is 7.19. The summed E-state index contributed by atoms with van der Waals surface area (Å²) in [5, 5.41) is 3.40. The number of pyridine rings is 1. The highest BCUT2D eigenvalue weighted by Crippen LogP contribution is 2.40. The van der Waals surface area contributed by atoms with E-state index >= 15 is 0 Å². The molecule has 0 saturated heterocycles. The number of nitrogens with zero attached hydrogens (tertiary/aromatic N) is 1. The Morgan fingerprint density at radius 1 is 1.25 bits per heavy atom. The van der Waals surface area contributed by atoms with Crippen molar-refractivity contribution in [2.45, 2.75) is 20.4 Å². The van der Waals surface area contributed by atoms with Crippen LogP contribution < -0.4 is 14.8 Å². The molecule has 4 nitrogen and oxygen atoms in total. The smallest absolute Gasteiger partial charge is 0.231 e. The Hall–Kier alpha value is -1.75. The van der Waals surface area contributed by atoms with Crippen LogP contribution in [0.1, 0.15) is 17.0 Å². The molecule has 20 heavy (non-hydrogen) atoms. The number of benzene rings is 1. The van der Waals surface area contributed by atoms with E-state index in [2.05, 4.69) is 32.3 Å². The van der Waals surface area contributed by atoms with Gasteiger partial charge in [-0.2, -0.15) is 0 Å². The summed E-state index contributed by atoms with van der Waals surface area (Å²) in [7, 11) is 0. The molecule has 0 radical (unpaired) electrons. The molecule has 0 unspecified atom stereocenters. The molecule has 1 aromatic heterocycles. The molecule has 0 bridgehead atoms. The number of fused-ring (bicyclic) bond motifs is 1. The van der Waals surface area contributed by atoms with Gasteiger partial charge in [0.2, 0.25) is 6.79 Å². The molecule has 0 aliphatic carbocycles. The van der Waals surface area contributed by atoms with E-state index in [9.17, 15) is 0 Å². The van der Waals surface area contributed by atoms with Gasteiger partial charge in [-0.05, 0) is 59.6 Å². The molecule has 0 saturated carbocycles. The summed E-state index contributed by atoms with van der Waals surface area (Å²) in [5.41, 5.74) is 4.20. The predicted molar refractivity (Wildman–Crippen MR) is 81.3 cm³/mol. The van der Waals surface area contributed by atoms with Gasteiger partial charge in [-0.25, -0.2) is 0 Å². The van der Waals surface area contributed by atoms with Crippen molar-refractivity contribution in [1.82, 2.24) is 4.98 Å². The molecular formula is C15H15BrN2O2. The van der Waals surface area contributed by atoms with Crippen molar-refractivity contribution >= 4 is 21.6 Å². The van der Waals surface area contributed by atoms with Gasteiger partial charge >= 0.3 is 0 Å². The standard InChI is InChI=1S/C15H15BrN2O2/c1-9-3-4-13(10(2)18-9)17-7-11-5-12(16)15-14(6-11)19-8-20-15/h3-6,17H,7-8H2,1-2H3. The second kappa shape index (κ2) is 5.32. The van der Waals surface area contributed by atoms with Gasteiger partial charge in [0.1, 0.15) is 0 Å². The van der Waals surface area contributed by atoms with Crippen molar-refractivity contribution in [3.05, 3.63) is 45.7 Å². The highest BCUT2D eigenvalue weighted by molar-refractivity contribution is 9.10. The number of aromatic nitrogens is 1. The lowest BCUT2D eigenvalue weighted by Gasteiger charge is -2.10. The van der Waals surface area contributed by atoms with Crippen LogP contribution in [0.25, 0.3) is 0 Å². The zero-order chi connectivity index (χ0) is 14.1. The Morgan fingerprint density at radius 2 is 2.10 bits per heavy atom. The first kappa shape index (κ1) is 13.2. The molecular weight excluding hydrogens is 320 g/mol. The van der Waals surface area contributed by atoms with Gasteiger partial charge in [0, 0.05) is 12.2 Å². The maximum atomic E-state index is 5.42. The van der Waals surface area contributed by atoms with Crippen molar-refractivity contribution in [1.29, 1.82) is 0 Å². The van der Waals surface area contributed by atoms with E-state index in [1.54, 1.807) is 0 Å². The summed E-state index contributed by atoms with van der Waals surface area (Å²) < 4.78 is 11.7. The highest BCUT2D eigenvalue weighted by Gasteiger charge is 2.17. The number of hydrogen-bond acceptors (Lipinski definition) is 4. The van der Waals surface area contributed by atoms with Crippen LogP contribution in [0.2, 0.25) is 0 Å². The lowest BCUT2D eigenvalue weighted by molar-refractivity contribution is 0.173. The van der Waals surface area contributed by atoms with Crippen molar-refractivity contribution in [3.63, 3.8) is 0 Å². The van der Waals surface area contributed by atoms with Crippen LogP contribution in [0.3, 0.4) is 0 Å². The second-order valence-corrected chi connectivity index (χ2v) is 5.60. The average molecular weight is 335 g/mol. The molecule has 0 spiro atoms. The van der Waals surface area contributed by atoms with Crippen LogP contribution in [0.5, 0.6) is 11.5 Å². The van der Waals surface area contributed by atoms with Crippen LogP contribution >= 0.6 is 15.9 Å². The second-order valence-electron chi connectivity index (χ2n) is 4.75. The number of hydrogen-bond donors (Lipinski definition) is 1. The fourth-order valence-electron chi connectivity index (χ4n) is 2.19. The van der Waals surface area contributed by atoms with Crippen molar-refractivity contribution in [2.75, 3.05) is 12.1 Å². The minimum absolute atomic E-state index is 0.284. The summed E-state index contributed by atoms with van der Waals surface area (Å²) in [6.45, 7) is 4.99. The first-order chi connectivity index (χ1) is 9.63. The lowest BCUT2D eigenvalue weighted by Crippen LogP contribution is -2.02. The summed E-state index contributed by atoms with van der Waals surface area (Å²) in [6, 6.07) is 8.10. The van der Waals surface area contributed by atoms with Gasteiger partial charge in [0.05, 0.1) is 15.9 Å². The number of aryl methyl sites for hydroxylation is 2. The molecule has 104 valence electrons. The third-order valence-electron chi connectivity index (χ3n) is 3.20. The molecule has 1 aromatic carbocycles. The monoisotopic (exact) mass is 334 g/mol. The molecule has 1 N–H and O–H groups in total. The average Bonchev–Trinajstić information content (AvgIpc) is 2.86. The molecule has 0 fully saturated rings. The summed E-state index contributed by atoms with van der Waals surface area (Å²) in [5.74, 6) is 1.57. The SMILES string of the molecule is Cc1ccc(NCc2cc(Br)c3c(c2)OCO3)c(C)n1. The molecule has 1 aliphatic heterocycles. The van der Waals surface area contributed by atoms with E-state index < -0.39 is 0 Å². The maximum Gasteiger partial charge on any atom is 0.231 e. The molecule has 3 rings (SSSR count). The van der Waals surface area contributed by atoms with Gasteiger partial charge in [-0.3, -0.25) is 4.98 Å². The van der Waals surface area contributed by atoms with Gasteiger partial charge < -0.3 is 14.8 Å². The summed E-state index contributed by atoms with van der Waals surface area (Å²) in [6.07, 6.45) is 0. The van der Waals surface area contributed by atoms with E-state index in [1.165, 1.54) is 0 Å². The molecule has 5 heteroatoms. The number of anilines is 1. The van der Waals surface area contributed by atoms with Crippen molar-refractivity contribution in [2.24, 2.45) is 0 Å². The van der Waals surface area contributed by atoms with Gasteiger partial charge in [-0.15, -0.1) is 0 Å². The van der Waals surface area contributed by atoms with E-state index in [1.807, 2.05) is 32.0 Å². The topological polar surface area (TPSA) is 43.4 Å². The number of rotatable bonds is 3. The third-order valence-corrected chi connectivity index (χ3v) is 3.78. The minimum Gasteiger partial charge on any atom is -0.454 e. The largest absolute Gasteiger partial charge is 0.454 e. The van der Waals surface area contributed by atoms with E-state index in [-0.39, 0.29) is 6.79 Å². The summed E-state index contributed by atoms with van der Waals surface area (Å²) in [4.78, 5) is 4.44. The van der Waals surface area contributed by atoms with Crippen LogP contribution in [0.4, 0.5) is 5.69 Å². The Bertz CT molecular complexity index is 659. The Balaban J connectivity index is 1.77. The molecule has 2 heterocycles. The number of halogens is 1. The normalized spacial score (nSPS) is 12.6. The van der Waals surface area contributed by atoms with Crippen LogP contribution in [0.15, 0.2) is 28.7 Å². The van der Waals surface area contributed by atoms with Crippen molar-refractivity contribution in [3.8, 4) is 11.5 Å². The van der Waals surface area contributed by atoms with Gasteiger partial charge in [-0.1, -0.05) is 0 Å². The van der Waals surface area contributed by atoms with Crippen LogP contribution in [0, 0.1) is 13.8 Å². The lowest BCUT2D eigenvalue weighted by atomic mass is 10.2. The Labute approximate surface area is 126 Å². The van der Waals surface area contributed by atoms with Crippen LogP contribution in [-0.4, -0.2) is 11.8 Å². The van der Waals surface area contributed by atoms with E-state index in [4.69, 9.17) is 9.47 Å². The van der Waals surface area contributed by atoms with Crippen LogP contribution in [-0.2, 0) is 6.54 Å². The minimum atomic E-state index is 0.284. The van der Waals surface area contributed by atoms with E-state index in [0.717, 1.165) is 38.6 Å². The Morgan fingerprint density at radius 3 is 2.90 bits per heavy atom. The molecule has 0 amide bonds. The fourth-order valence-corrected chi connectivity index (χ4v) is 2.80. The Kier molecular flexibility index (Phi) is 3.53. The number of ether oxygens (including phenoxy) is 2. The fraction of sp³-hybridized carbons (Fsp3) is 0.267. The summed E-state index contributed by atoms with van der Waals surface area (Å²) >= 11 is 3.50. The molecule has 1 aliphatic rings. The van der Waals surface area contributed by atoms with Gasteiger partial charge in [0.15, 0.2) is 11.5 Å². The first-order valence-electron chi connectivity index (χ1n) is 6.39. The quantitative estimate of drug-likeness (QED) is 0.927. The zero-order valence-electron chi connectivity index (χ0n) is 11.4. The predicted octanol–water partition coefficient (Wildman–Crippen LogP) is 3.80. The van der Waals surface area contributed by atoms with Gasteiger partial charge in [0.25, 0.3) is 0 Å². The highest BCUT2D eigenvalue weighted by atomic mass is 79.9. The van der Waals surface area contributed by atoms with Crippen molar-refractivity contribution < 1.29 is 9.47 Å². The molecule has 0 atom stereocenters. The number of nitrogens with one attached hydrogen (secondary N) is 1. The molecule has 2 aromatic rings.